The number of benzene rings is 1. The number of hydrogen-bond donors (Lipinski definition) is 2. The largest absolute Gasteiger partial charge is 0.384 e. The maximum atomic E-state index is 12.1. The van der Waals surface area contributed by atoms with Crippen LogP contribution in [0.25, 0.3) is 0 Å². The normalized spacial score (nSPS) is 10.3. The van der Waals surface area contributed by atoms with Crippen molar-refractivity contribution in [2.75, 3.05) is 11.1 Å². The molecule has 1 amide bonds. The van der Waals surface area contributed by atoms with Crippen molar-refractivity contribution in [1.29, 1.82) is 0 Å². The van der Waals surface area contributed by atoms with Gasteiger partial charge in [0.05, 0.1) is 16.3 Å². The third-order valence-corrected chi connectivity index (χ3v) is 3.75. The van der Waals surface area contributed by atoms with E-state index in [9.17, 15) is 4.79 Å². The molecule has 0 bridgehead atoms. The van der Waals surface area contributed by atoms with Crippen LogP contribution in [-0.2, 0) is 0 Å². The molecule has 2 aromatic rings. The number of halogens is 3. The fourth-order valence-corrected chi connectivity index (χ4v) is 2.74. The van der Waals surface area contributed by atoms with Crippen LogP contribution in [0.4, 0.5) is 11.5 Å². The van der Waals surface area contributed by atoms with Gasteiger partial charge in [-0.2, -0.15) is 0 Å². The molecule has 19 heavy (non-hydrogen) atoms. The number of nitrogen functional groups attached to an aromatic ring is 1. The second-order valence-corrected chi connectivity index (χ2v) is 5.84. The molecule has 0 atom stereocenters. The predicted octanol–water partition coefficient (Wildman–Crippen LogP) is 4.09. The van der Waals surface area contributed by atoms with Gasteiger partial charge in [0.25, 0.3) is 5.91 Å². The standard InChI is InChI=1S/C12H8Br2ClN3O/c13-6-1-2-10(8(14)3-6)18-12(19)7-4-11(16)17-5-9(7)15/h1-5H,(H2,16,17)(H,18,19). The van der Waals surface area contributed by atoms with E-state index in [1.807, 2.05) is 12.1 Å². The summed E-state index contributed by atoms with van der Waals surface area (Å²) in [6.07, 6.45) is 1.35. The Kier molecular flexibility index (Phi) is 4.44. The fourth-order valence-electron chi connectivity index (χ4n) is 1.41. The van der Waals surface area contributed by atoms with E-state index in [2.05, 4.69) is 42.2 Å². The molecule has 0 spiro atoms. The van der Waals surface area contributed by atoms with Gasteiger partial charge in [0.15, 0.2) is 0 Å². The predicted molar refractivity (Wildman–Crippen MR) is 83.5 cm³/mol. The zero-order valence-electron chi connectivity index (χ0n) is 9.45. The summed E-state index contributed by atoms with van der Waals surface area (Å²) in [6.45, 7) is 0. The van der Waals surface area contributed by atoms with Crippen molar-refractivity contribution >= 4 is 60.9 Å². The lowest BCUT2D eigenvalue weighted by molar-refractivity contribution is 0.102. The molecule has 2 rings (SSSR count). The average molecular weight is 405 g/mol. The van der Waals surface area contributed by atoms with Crippen molar-refractivity contribution in [3.05, 3.63) is 50.0 Å². The molecular formula is C12H8Br2ClN3O. The second kappa shape index (κ2) is 5.90. The number of amides is 1. The monoisotopic (exact) mass is 403 g/mol. The highest BCUT2D eigenvalue weighted by Gasteiger charge is 2.13. The Balaban J connectivity index is 2.28. The van der Waals surface area contributed by atoms with E-state index in [-0.39, 0.29) is 22.3 Å². The molecule has 0 fully saturated rings. The summed E-state index contributed by atoms with van der Waals surface area (Å²) in [5.74, 6) is -0.105. The van der Waals surface area contributed by atoms with Crippen molar-refractivity contribution in [2.24, 2.45) is 0 Å². The number of nitrogens with one attached hydrogen (secondary N) is 1. The Hall–Kier alpha value is -1.11. The van der Waals surface area contributed by atoms with Crippen LogP contribution in [0.1, 0.15) is 10.4 Å². The Morgan fingerprint density at radius 3 is 2.74 bits per heavy atom. The van der Waals surface area contributed by atoms with Crippen LogP contribution in [0.15, 0.2) is 39.4 Å². The number of carbonyl (C=O) groups is 1. The highest BCUT2D eigenvalue weighted by molar-refractivity contribution is 9.11. The minimum absolute atomic E-state index is 0.240. The Bertz CT molecular complexity index is 649. The van der Waals surface area contributed by atoms with Crippen LogP contribution < -0.4 is 11.1 Å². The maximum Gasteiger partial charge on any atom is 0.257 e. The minimum atomic E-state index is -0.345. The van der Waals surface area contributed by atoms with Gasteiger partial charge in [-0.15, -0.1) is 0 Å². The molecule has 0 aliphatic rings. The van der Waals surface area contributed by atoms with E-state index in [4.69, 9.17) is 17.3 Å². The van der Waals surface area contributed by atoms with E-state index < -0.39 is 0 Å². The Labute approximate surface area is 131 Å². The van der Waals surface area contributed by atoms with Gasteiger partial charge in [0.2, 0.25) is 0 Å². The molecule has 0 radical (unpaired) electrons. The number of hydrogen-bond acceptors (Lipinski definition) is 3. The molecule has 1 aromatic heterocycles. The molecule has 0 saturated carbocycles. The van der Waals surface area contributed by atoms with Crippen molar-refractivity contribution in [1.82, 2.24) is 4.98 Å². The molecule has 7 heteroatoms. The number of pyridine rings is 1. The topological polar surface area (TPSA) is 68.0 Å². The lowest BCUT2D eigenvalue weighted by Gasteiger charge is -2.09. The summed E-state index contributed by atoms with van der Waals surface area (Å²) in [5.41, 5.74) is 6.46. The summed E-state index contributed by atoms with van der Waals surface area (Å²) in [5, 5.41) is 3.00. The average Bonchev–Trinajstić information content (AvgIpc) is 2.35. The molecule has 0 aliphatic heterocycles. The molecular weight excluding hydrogens is 397 g/mol. The molecule has 0 saturated heterocycles. The van der Waals surface area contributed by atoms with Gasteiger partial charge in [0, 0.05) is 15.1 Å². The van der Waals surface area contributed by atoms with Crippen LogP contribution in [0.3, 0.4) is 0 Å². The lowest BCUT2D eigenvalue weighted by atomic mass is 10.2. The van der Waals surface area contributed by atoms with E-state index in [1.54, 1.807) is 6.07 Å². The molecule has 3 N–H and O–H groups in total. The van der Waals surface area contributed by atoms with E-state index in [0.29, 0.717) is 5.69 Å². The van der Waals surface area contributed by atoms with Crippen LogP contribution in [0, 0.1) is 0 Å². The third kappa shape index (κ3) is 3.46. The summed E-state index contributed by atoms with van der Waals surface area (Å²) >= 11 is 12.6. The highest BCUT2D eigenvalue weighted by atomic mass is 79.9. The number of nitrogens with two attached hydrogens (primary N) is 1. The minimum Gasteiger partial charge on any atom is -0.384 e. The summed E-state index contributed by atoms with van der Waals surface area (Å²) in [6, 6.07) is 6.86. The first-order chi connectivity index (χ1) is 8.97. The number of carbonyl (C=O) groups excluding carboxylic acids is 1. The zero-order valence-corrected chi connectivity index (χ0v) is 13.4. The smallest absolute Gasteiger partial charge is 0.257 e. The molecule has 1 aromatic carbocycles. The summed E-state index contributed by atoms with van der Waals surface area (Å²) in [7, 11) is 0. The van der Waals surface area contributed by atoms with E-state index >= 15 is 0 Å². The first kappa shape index (κ1) is 14.3. The Morgan fingerprint density at radius 1 is 1.32 bits per heavy atom. The zero-order chi connectivity index (χ0) is 14.0. The summed E-state index contributed by atoms with van der Waals surface area (Å²) in [4.78, 5) is 15.9. The lowest BCUT2D eigenvalue weighted by Crippen LogP contribution is -2.13. The molecule has 98 valence electrons. The van der Waals surface area contributed by atoms with Crippen LogP contribution in [0.5, 0.6) is 0 Å². The van der Waals surface area contributed by atoms with Crippen molar-refractivity contribution in [3.63, 3.8) is 0 Å². The van der Waals surface area contributed by atoms with E-state index in [1.165, 1.54) is 12.3 Å². The van der Waals surface area contributed by atoms with Crippen LogP contribution >= 0.6 is 43.5 Å². The first-order valence-electron chi connectivity index (χ1n) is 5.15. The molecule has 1 heterocycles. The SMILES string of the molecule is Nc1cc(C(=O)Nc2ccc(Br)cc2Br)c(Cl)cn1. The summed E-state index contributed by atoms with van der Waals surface area (Å²) < 4.78 is 1.66. The quantitative estimate of drug-likeness (QED) is 0.791. The number of nitrogens with zero attached hydrogens (tertiary/aromatic N) is 1. The van der Waals surface area contributed by atoms with Crippen molar-refractivity contribution < 1.29 is 4.79 Å². The fraction of sp³-hybridized carbons (Fsp3) is 0. The Morgan fingerprint density at radius 2 is 2.05 bits per heavy atom. The third-order valence-electron chi connectivity index (χ3n) is 2.30. The van der Waals surface area contributed by atoms with Gasteiger partial charge in [-0.05, 0) is 40.2 Å². The van der Waals surface area contributed by atoms with E-state index in [0.717, 1.165) is 8.95 Å². The van der Waals surface area contributed by atoms with Gasteiger partial charge >= 0.3 is 0 Å². The molecule has 4 nitrogen and oxygen atoms in total. The van der Waals surface area contributed by atoms with Crippen molar-refractivity contribution in [2.45, 2.75) is 0 Å². The number of aromatic nitrogens is 1. The first-order valence-corrected chi connectivity index (χ1v) is 7.11. The number of anilines is 2. The van der Waals surface area contributed by atoms with Gasteiger partial charge in [-0.3, -0.25) is 4.79 Å². The van der Waals surface area contributed by atoms with Crippen molar-refractivity contribution in [3.8, 4) is 0 Å². The second-order valence-electron chi connectivity index (χ2n) is 3.67. The van der Waals surface area contributed by atoms with Crippen LogP contribution in [0.2, 0.25) is 5.02 Å². The maximum absolute atomic E-state index is 12.1. The molecule has 0 aliphatic carbocycles. The number of rotatable bonds is 2. The van der Waals surface area contributed by atoms with Gasteiger partial charge < -0.3 is 11.1 Å². The van der Waals surface area contributed by atoms with Gasteiger partial charge in [-0.1, -0.05) is 27.5 Å². The molecule has 0 unspecified atom stereocenters. The van der Waals surface area contributed by atoms with Crippen LogP contribution in [-0.4, -0.2) is 10.9 Å². The van der Waals surface area contributed by atoms with Gasteiger partial charge in [-0.25, -0.2) is 4.98 Å². The van der Waals surface area contributed by atoms with Gasteiger partial charge in [0.1, 0.15) is 5.82 Å². The highest BCUT2D eigenvalue weighted by Crippen LogP contribution is 2.27.